The average Bonchev–Trinajstić information content (AvgIpc) is 2.65. The molecule has 2 heterocycles. The molecule has 0 radical (unpaired) electrons. The average molecular weight is 205 g/mol. The zero-order valence-electron chi connectivity index (χ0n) is 8.73. The third kappa shape index (κ3) is 2.53. The Kier molecular flexibility index (Phi) is 2.97. The van der Waals surface area contributed by atoms with Crippen LogP contribution in [0.3, 0.4) is 0 Å². The molecule has 4 nitrogen and oxygen atoms in total. The predicted molar refractivity (Wildman–Crippen MR) is 57.2 cm³/mol. The first kappa shape index (κ1) is 10.1. The molecule has 4 heteroatoms. The van der Waals surface area contributed by atoms with Gasteiger partial charge in [0.05, 0.1) is 0 Å². The maximum absolute atomic E-state index is 11.0. The van der Waals surface area contributed by atoms with E-state index in [0.29, 0.717) is 6.42 Å². The maximum Gasteiger partial charge on any atom is 0.221 e. The molecule has 80 valence electrons. The third-order valence-corrected chi connectivity index (χ3v) is 2.67. The summed E-state index contributed by atoms with van der Waals surface area (Å²) < 4.78 is 0. The van der Waals surface area contributed by atoms with Gasteiger partial charge in [0, 0.05) is 37.4 Å². The summed E-state index contributed by atoms with van der Waals surface area (Å²) in [6.45, 7) is 2.83. The Hall–Kier alpha value is -1.42. The molecule has 1 aromatic rings. The van der Waals surface area contributed by atoms with Crippen LogP contribution in [0.25, 0.3) is 0 Å². The molecule has 2 N–H and O–H groups in total. The summed E-state index contributed by atoms with van der Waals surface area (Å²) in [5, 5.41) is 6.23. The largest absolute Gasteiger partial charge is 0.354 e. The Labute approximate surface area is 89.1 Å². The Morgan fingerprint density at radius 3 is 2.87 bits per heavy atom. The van der Waals surface area contributed by atoms with Crippen LogP contribution in [0, 0.1) is 0 Å². The van der Waals surface area contributed by atoms with Crippen molar-refractivity contribution in [3.63, 3.8) is 0 Å². The second kappa shape index (κ2) is 4.40. The van der Waals surface area contributed by atoms with Crippen molar-refractivity contribution in [2.45, 2.75) is 25.4 Å². The fraction of sp³-hybridized carbons (Fsp3) is 0.455. The number of nitrogens with zero attached hydrogens (tertiary/aromatic N) is 1. The zero-order chi connectivity index (χ0) is 10.7. The van der Waals surface area contributed by atoms with Crippen LogP contribution in [0.2, 0.25) is 0 Å². The molecule has 2 rings (SSSR count). The minimum absolute atomic E-state index is 0.134. The molecular formula is C11H15N3O. The summed E-state index contributed by atoms with van der Waals surface area (Å²) in [7, 11) is 0. The molecule has 0 bridgehead atoms. The standard InChI is InChI=1S/C11H15N3O/c1-8(9-2-4-12-5-3-9)14-10-6-11(15)13-7-10/h2-5,8,10,14H,6-7H2,1H3,(H,13,15). The number of hydrogen-bond acceptors (Lipinski definition) is 3. The predicted octanol–water partition coefficient (Wildman–Crippen LogP) is 0.621. The van der Waals surface area contributed by atoms with Gasteiger partial charge in [-0.3, -0.25) is 9.78 Å². The van der Waals surface area contributed by atoms with Crippen molar-refractivity contribution in [3.05, 3.63) is 30.1 Å². The minimum Gasteiger partial charge on any atom is -0.354 e. The lowest BCUT2D eigenvalue weighted by atomic mass is 10.1. The first-order chi connectivity index (χ1) is 7.25. The van der Waals surface area contributed by atoms with E-state index in [1.165, 1.54) is 5.56 Å². The van der Waals surface area contributed by atoms with Crippen molar-refractivity contribution in [1.82, 2.24) is 15.6 Å². The van der Waals surface area contributed by atoms with Crippen molar-refractivity contribution in [2.75, 3.05) is 6.54 Å². The first-order valence-corrected chi connectivity index (χ1v) is 5.18. The quantitative estimate of drug-likeness (QED) is 0.760. The monoisotopic (exact) mass is 205 g/mol. The van der Waals surface area contributed by atoms with Crippen molar-refractivity contribution < 1.29 is 4.79 Å². The van der Waals surface area contributed by atoms with E-state index in [-0.39, 0.29) is 18.0 Å². The van der Waals surface area contributed by atoms with Gasteiger partial charge in [0.1, 0.15) is 0 Å². The van der Waals surface area contributed by atoms with Crippen LogP contribution in [0.15, 0.2) is 24.5 Å². The third-order valence-electron chi connectivity index (χ3n) is 2.67. The van der Waals surface area contributed by atoms with Gasteiger partial charge in [0.2, 0.25) is 5.91 Å². The normalized spacial score (nSPS) is 22.5. The van der Waals surface area contributed by atoms with E-state index >= 15 is 0 Å². The highest BCUT2D eigenvalue weighted by Crippen LogP contribution is 2.13. The van der Waals surface area contributed by atoms with Gasteiger partial charge in [-0.05, 0) is 24.6 Å². The van der Waals surface area contributed by atoms with Gasteiger partial charge < -0.3 is 10.6 Å². The van der Waals surface area contributed by atoms with E-state index < -0.39 is 0 Å². The summed E-state index contributed by atoms with van der Waals surface area (Å²) in [6, 6.07) is 4.48. The SMILES string of the molecule is CC(NC1CNC(=O)C1)c1ccncc1. The Morgan fingerprint density at radius 2 is 2.27 bits per heavy atom. The number of aromatic nitrogens is 1. The molecule has 2 atom stereocenters. The van der Waals surface area contributed by atoms with Gasteiger partial charge in [0.15, 0.2) is 0 Å². The smallest absolute Gasteiger partial charge is 0.221 e. The van der Waals surface area contributed by atoms with Crippen molar-refractivity contribution >= 4 is 5.91 Å². The van der Waals surface area contributed by atoms with Gasteiger partial charge in [-0.15, -0.1) is 0 Å². The summed E-state index contributed by atoms with van der Waals surface area (Å²) in [5.41, 5.74) is 1.20. The second-order valence-corrected chi connectivity index (χ2v) is 3.87. The lowest BCUT2D eigenvalue weighted by Crippen LogP contribution is -2.33. The van der Waals surface area contributed by atoms with E-state index in [1.54, 1.807) is 12.4 Å². The van der Waals surface area contributed by atoms with Crippen molar-refractivity contribution in [2.24, 2.45) is 0 Å². The van der Waals surface area contributed by atoms with Gasteiger partial charge in [-0.25, -0.2) is 0 Å². The van der Waals surface area contributed by atoms with Crippen molar-refractivity contribution in [1.29, 1.82) is 0 Å². The fourth-order valence-corrected chi connectivity index (χ4v) is 1.82. The Morgan fingerprint density at radius 1 is 1.53 bits per heavy atom. The summed E-state index contributed by atoms with van der Waals surface area (Å²) in [5.74, 6) is 0.134. The van der Waals surface area contributed by atoms with Gasteiger partial charge in [-0.2, -0.15) is 0 Å². The highest BCUT2D eigenvalue weighted by Gasteiger charge is 2.22. The van der Waals surface area contributed by atoms with Gasteiger partial charge in [-0.1, -0.05) is 0 Å². The molecule has 1 aliphatic heterocycles. The zero-order valence-corrected chi connectivity index (χ0v) is 8.73. The minimum atomic E-state index is 0.134. The topological polar surface area (TPSA) is 54.0 Å². The Bertz CT molecular complexity index is 339. The van der Waals surface area contributed by atoms with Gasteiger partial charge >= 0.3 is 0 Å². The lowest BCUT2D eigenvalue weighted by Gasteiger charge is -2.18. The molecule has 1 aliphatic rings. The molecule has 1 fully saturated rings. The van der Waals surface area contributed by atoms with E-state index in [0.717, 1.165) is 6.54 Å². The molecule has 2 unspecified atom stereocenters. The highest BCUT2D eigenvalue weighted by atomic mass is 16.1. The van der Waals surface area contributed by atoms with Crippen LogP contribution in [0.1, 0.15) is 24.9 Å². The summed E-state index contributed by atoms with van der Waals surface area (Å²) in [4.78, 5) is 15.0. The lowest BCUT2D eigenvalue weighted by molar-refractivity contribution is -0.119. The molecule has 1 amide bonds. The van der Waals surface area contributed by atoms with Crippen LogP contribution in [-0.4, -0.2) is 23.5 Å². The van der Waals surface area contributed by atoms with Crippen LogP contribution in [0.5, 0.6) is 0 Å². The van der Waals surface area contributed by atoms with Crippen LogP contribution in [-0.2, 0) is 4.79 Å². The van der Waals surface area contributed by atoms with Crippen LogP contribution < -0.4 is 10.6 Å². The molecule has 0 aliphatic carbocycles. The first-order valence-electron chi connectivity index (χ1n) is 5.18. The molecule has 1 aromatic heterocycles. The fourth-order valence-electron chi connectivity index (χ4n) is 1.82. The van der Waals surface area contributed by atoms with E-state index in [1.807, 2.05) is 12.1 Å². The van der Waals surface area contributed by atoms with Crippen molar-refractivity contribution in [3.8, 4) is 0 Å². The number of carbonyl (C=O) groups excluding carboxylic acids is 1. The number of nitrogens with one attached hydrogen (secondary N) is 2. The molecule has 0 aromatic carbocycles. The van der Waals surface area contributed by atoms with Gasteiger partial charge in [0.25, 0.3) is 0 Å². The number of carbonyl (C=O) groups is 1. The van der Waals surface area contributed by atoms with Crippen LogP contribution >= 0.6 is 0 Å². The molecule has 0 spiro atoms. The summed E-state index contributed by atoms with van der Waals surface area (Å²) in [6.07, 6.45) is 4.15. The number of rotatable bonds is 3. The molecular weight excluding hydrogens is 190 g/mol. The number of pyridine rings is 1. The summed E-state index contributed by atoms with van der Waals surface area (Å²) >= 11 is 0. The number of amides is 1. The molecule has 15 heavy (non-hydrogen) atoms. The Balaban J connectivity index is 1.92. The molecule has 1 saturated heterocycles. The number of hydrogen-bond donors (Lipinski definition) is 2. The van der Waals surface area contributed by atoms with E-state index in [9.17, 15) is 4.79 Å². The molecule has 0 saturated carbocycles. The highest BCUT2D eigenvalue weighted by molar-refractivity contribution is 5.78. The second-order valence-electron chi connectivity index (χ2n) is 3.87. The van der Waals surface area contributed by atoms with Crippen LogP contribution in [0.4, 0.5) is 0 Å². The van der Waals surface area contributed by atoms with E-state index in [4.69, 9.17) is 0 Å². The van der Waals surface area contributed by atoms with E-state index in [2.05, 4.69) is 22.5 Å². The maximum atomic E-state index is 11.0.